The molecule has 0 N–H and O–H groups in total. The quantitative estimate of drug-likeness (QED) is 0.380. The van der Waals surface area contributed by atoms with E-state index in [4.69, 9.17) is 16.0 Å². The van der Waals surface area contributed by atoms with Crippen molar-refractivity contribution < 1.29 is 13.7 Å². The lowest BCUT2D eigenvalue weighted by molar-refractivity contribution is -0.384. The van der Waals surface area contributed by atoms with Crippen LogP contribution in [0.4, 0.5) is 10.1 Å². The van der Waals surface area contributed by atoms with E-state index in [-0.39, 0.29) is 33.1 Å². The zero-order chi connectivity index (χ0) is 19.3. The molecule has 0 aliphatic heterocycles. The third-order valence-electron chi connectivity index (χ3n) is 4.28. The molecule has 2 aromatic heterocycles. The van der Waals surface area contributed by atoms with Crippen molar-refractivity contribution in [2.24, 2.45) is 0 Å². The van der Waals surface area contributed by atoms with Crippen LogP contribution in [0.1, 0.15) is 6.92 Å². The van der Waals surface area contributed by atoms with Gasteiger partial charge in [-0.05, 0) is 25.1 Å². The fourth-order valence-electron chi connectivity index (χ4n) is 2.94. The minimum absolute atomic E-state index is 0.00922. The van der Waals surface area contributed by atoms with Crippen molar-refractivity contribution in [2.45, 2.75) is 13.5 Å². The average Bonchev–Trinajstić information content (AvgIpc) is 3.06. The topological polar surface area (TPSA) is 91.2 Å². The molecule has 2 aromatic carbocycles. The first-order valence-corrected chi connectivity index (χ1v) is 8.34. The standard InChI is InChI=1S/C18H11ClFN3O4/c1-2-22-8-11(17(24)10-6-13(20)12(19)7-15(10)22)18-21-14-4-3-9(23(25)26)5-16(14)27-18/h3-8H,2H2,1H3. The van der Waals surface area contributed by atoms with E-state index >= 15 is 0 Å². The molecule has 0 fully saturated rings. The Bertz CT molecular complexity index is 1300. The zero-order valence-electron chi connectivity index (χ0n) is 13.9. The van der Waals surface area contributed by atoms with E-state index < -0.39 is 16.2 Å². The second-order valence-corrected chi connectivity index (χ2v) is 6.28. The van der Waals surface area contributed by atoms with Crippen molar-refractivity contribution in [3.63, 3.8) is 0 Å². The third-order valence-corrected chi connectivity index (χ3v) is 4.57. The van der Waals surface area contributed by atoms with Crippen LogP contribution in [0.15, 0.2) is 45.7 Å². The molecule has 4 aromatic rings. The summed E-state index contributed by atoms with van der Waals surface area (Å²) in [5.41, 5.74) is 0.566. The molecule has 0 radical (unpaired) electrons. The Kier molecular flexibility index (Phi) is 3.92. The van der Waals surface area contributed by atoms with E-state index in [9.17, 15) is 19.3 Å². The highest BCUT2D eigenvalue weighted by Crippen LogP contribution is 2.28. The first-order valence-electron chi connectivity index (χ1n) is 7.96. The lowest BCUT2D eigenvalue weighted by atomic mass is 10.1. The van der Waals surface area contributed by atoms with Crippen molar-refractivity contribution in [1.82, 2.24) is 9.55 Å². The number of fused-ring (bicyclic) bond motifs is 2. The number of aromatic nitrogens is 2. The molecule has 4 rings (SSSR count). The fraction of sp³-hybridized carbons (Fsp3) is 0.111. The van der Waals surface area contributed by atoms with Crippen molar-refractivity contribution in [3.8, 4) is 11.5 Å². The summed E-state index contributed by atoms with van der Waals surface area (Å²) in [4.78, 5) is 27.5. The van der Waals surface area contributed by atoms with Crippen LogP contribution in [-0.4, -0.2) is 14.5 Å². The van der Waals surface area contributed by atoms with Crippen molar-refractivity contribution in [1.29, 1.82) is 0 Å². The van der Waals surface area contributed by atoms with Gasteiger partial charge >= 0.3 is 0 Å². The molecule has 0 atom stereocenters. The molecule has 136 valence electrons. The second kappa shape index (κ2) is 6.17. The molecule has 0 bridgehead atoms. The Morgan fingerprint density at radius 2 is 2.11 bits per heavy atom. The maximum atomic E-state index is 13.9. The summed E-state index contributed by atoms with van der Waals surface area (Å²) >= 11 is 5.84. The number of halogens is 2. The van der Waals surface area contributed by atoms with Gasteiger partial charge in [-0.25, -0.2) is 9.37 Å². The number of aryl methyl sites for hydroxylation is 1. The normalized spacial score (nSPS) is 11.4. The van der Waals surface area contributed by atoms with Crippen molar-refractivity contribution in [3.05, 3.63) is 67.7 Å². The summed E-state index contributed by atoms with van der Waals surface area (Å²) in [6.07, 6.45) is 1.55. The first-order chi connectivity index (χ1) is 12.9. The highest BCUT2D eigenvalue weighted by Gasteiger charge is 2.18. The molecular weight excluding hydrogens is 377 g/mol. The minimum atomic E-state index is -0.700. The lowest BCUT2D eigenvalue weighted by Gasteiger charge is -2.11. The van der Waals surface area contributed by atoms with Gasteiger partial charge in [-0.1, -0.05) is 11.6 Å². The molecule has 0 aliphatic carbocycles. The molecule has 0 saturated carbocycles. The van der Waals surface area contributed by atoms with Gasteiger partial charge in [0.05, 0.1) is 21.5 Å². The van der Waals surface area contributed by atoms with Gasteiger partial charge in [0, 0.05) is 24.2 Å². The number of oxazole rings is 1. The van der Waals surface area contributed by atoms with Crippen molar-refractivity contribution >= 4 is 39.3 Å². The maximum absolute atomic E-state index is 13.9. The number of hydrogen-bond acceptors (Lipinski definition) is 5. The molecule has 0 saturated heterocycles. The predicted octanol–water partition coefficient (Wildman–Crippen LogP) is 4.53. The molecular formula is C18H11ClFN3O4. The number of pyridine rings is 1. The summed E-state index contributed by atoms with van der Waals surface area (Å²) in [6, 6.07) is 6.47. The van der Waals surface area contributed by atoms with Gasteiger partial charge in [-0.2, -0.15) is 0 Å². The molecule has 0 amide bonds. The zero-order valence-corrected chi connectivity index (χ0v) is 14.7. The van der Waals surface area contributed by atoms with Gasteiger partial charge in [0.1, 0.15) is 16.9 Å². The minimum Gasteiger partial charge on any atom is -0.436 e. The van der Waals surface area contributed by atoms with Gasteiger partial charge in [-0.3, -0.25) is 14.9 Å². The summed E-state index contributed by atoms with van der Waals surface area (Å²) in [6.45, 7) is 2.36. The van der Waals surface area contributed by atoms with Gasteiger partial charge in [0.15, 0.2) is 5.58 Å². The van der Waals surface area contributed by atoms with E-state index in [0.717, 1.165) is 6.07 Å². The number of nitro benzene ring substituents is 1. The molecule has 7 nitrogen and oxygen atoms in total. The second-order valence-electron chi connectivity index (χ2n) is 5.87. The predicted molar refractivity (Wildman–Crippen MR) is 98.5 cm³/mol. The Morgan fingerprint density at radius 3 is 2.81 bits per heavy atom. The Balaban J connectivity index is 2.00. The number of hydrogen-bond donors (Lipinski definition) is 0. The Labute approximate surface area is 155 Å². The van der Waals surface area contributed by atoms with E-state index in [0.29, 0.717) is 17.6 Å². The van der Waals surface area contributed by atoms with Crippen LogP contribution in [0.5, 0.6) is 0 Å². The number of nitrogens with zero attached hydrogens (tertiary/aromatic N) is 3. The summed E-state index contributed by atoms with van der Waals surface area (Å²) in [5.74, 6) is -0.691. The summed E-state index contributed by atoms with van der Waals surface area (Å²) < 4.78 is 21.2. The van der Waals surface area contributed by atoms with Crippen LogP contribution in [0.2, 0.25) is 5.02 Å². The molecule has 0 spiro atoms. The number of rotatable bonds is 3. The summed E-state index contributed by atoms with van der Waals surface area (Å²) in [5, 5.41) is 11.0. The van der Waals surface area contributed by atoms with Gasteiger partial charge in [0.25, 0.3) is 5.69 Å². The van der Waals surface area contributed by atoms with Gasteiger partial charge in [-0.15, -0.1) is 0 Å². The van der Waals surface area contributed by atoms with Crippen LogP contribution in [-0.2, 0) is 6.54 Å². The van der Waals surface area contributed by atoms with Crippen LogP contribution < -0.4 is 5.43 Å². The SMILES string of the molecule is CCn1cc(-c2nc3ccc([N+](=O)[O-])cc3o2)c(=O)c2cc(F)c(Cl)cc21. The first kappa shape index (κ1) is 17.2. The highest BCUT2D eigenvalue weighted by molar-refractivity contribution is 6.31. The van der Waals surface area contributed by atoms with Crippen LogP contribution >= 0.6 is 11.6 Å². The Morgan fingerprint density at radius 1 is 1.33 bits per heavy atom. The number of benzene rings is 2. The summed E-state index contributed by atoms with van der Waals surface area (Å²) in [7, 11) is 0. The number of nitro groups is 1. The molecule has 2 heterocycles. The Hall–Kier alpha value is -3.26. The fourth-order valence-corrected chi connectivity index (χ4v) is 3.10. The molecule has 27 heavy (non-hydrogen) atoms. The van der Waals surface area contributed by atoms with Crippen LogP contribution in [0.25, 0.3) is 33.5 Å². The largest absolute Gasteiger partial charge is 0.436 e. The van der Waals surface area contributed by atoms with Crippen LogP contribution in [0.3, 0.4) is 0 Å². The third kappa shape index (κ3) is 2.74. The van der Waals surface area contributed by atoms with Crippen molar-refractivity contribution in [2.75, 3.05) is 0 Å². The van der Waals surface area contributed by atoms with Gasteiger partial charge < -0.3 is 8.98 Å². The smallest absolute Gasteiger partial charge is 0.273 e. The van der Waals surface area contributed by atoms with E-state index in [1.807, 2.05) is 6.92 Å². The molecule has 0 aliphatic rings. The molecule has 9 heteroatoms. The van der Waals surface area contributed by atoms with Gasteiger partial charge in [0.2, 0.25) is 11.3 Å². The van der Waals surface area contributed by atoms with Crippen LogP contribution in [0, 0.1) is 15.9 Å². The molecule has 0 unspecified atom stereocenters. The van der Waals surface area contributed by atoms with E-state index in [2.05, 4.69) is 4.98 Å². The van der Waals surface area contributed by atoms with E-state index in [1.165, 1.54) is 24.3 Å². The lowest BCUT2D eigenvalue weighted by Crippen LogP contribution is -2.12. The highest BCUT2D eigenvalue weighted by atomic mass is 35.5. The average molecular weight is 388 g/mol. The number of non-ortho nitro benzene ring substituents is 1. The van der Waals surface area contributed by atoms with E-state index in [1.54, 1.807) is 10.8 Å². The monoisotopic (exact) mass is 387 g/mol. The maximum Gasteiger partial charge on any atom is 0.273 e.